The minimum absolute atomic E-state index is 0.561. The fraction of sp³-hybridized carbons (Fsp3) is 0.562. The van der Waals surface area contributed by atoms with Crippen LogP contribution in [0, 0.1) is 17.2 Å². The summed E-state index contributed by atoms with van der Waals surface area (Å²) in [7, 11) is -0.706. The zero-order valence-corrected chi connectivity index (χ0v) is 12.5. The van der Waals surface area contributed by atoms with Gasteiger partial charge in [-0.2, -0.15) is 5.26 Å². The molecular weight excluding hydrogens is 270 g/mol. The second-order valence-electron chi connectivity index (χ2n) is 5.30. The number of ether oxygens (including phenoxy) is 1. The fourth-order valence-corrected chi connectivity index (χ4v) is 4.05. The molecule has 0 aromatic heterocycles. The Hall–Kier alpha value is -1.34. The zero-order valence-electron chi connectivity index (χ0n) is 11.7. The molecule has 1 fully saturated rings. The SMILES string of the molecule is N#Cc1cccc(OCCCS(=O)CC2CCCC2)c1. The van der Waals surface area contributed by atoms with Crippen LogP contribution in [0.25, 0.3) is 0 Å². The van der Waals surface area contributed by atoms with Crippen LogP contribution < -0.4 is 4.74 Å². The Morgan fingerprint density at radius 3 is 2.90 bits per heavy atom. The predicted octanol–water partition coefficient (Wildman–Crippen LogP) is 3.27. The van der Waals surface area contributed by atoms with E-state index in [-0.39, 0.29) is 0 Å². The van der Waals surface area contributed by atoms with Crippen molar-refractivity contribution >= 4 is 10.8 Å². The molecule has 1 aromatic carbocycles. The van der Waals surface area contributed by atoms with E-state index in [0.29, 0.717) is 29.6 Å². The lowest BCUT2D eigenvalue weighted by Crippen LogP contribution is -2.12. The van der Waals surface area contributed by atoms with Gasteiger partial charge in [-0.1, -0.05) is 18.9 Å². The van der Waals surface area contributed by atoms with E-state index < -0.39 is 10.8 Å². The Kier molecular flexibility index (Phi) is 6.07. The fourth-order valence-electron chi connectivity index (χ4n) is 2.59. The summed E-state index contributed by atoms with van der Waals surface area (Å²) in [4.78, 5) is 0. The minimum Gasteiger partial charge on any atom is -0.494 e. The minimum atomic E-state index is -0.706. The van der Waals surface area contributed by atoms with Gasteiger partial charge >= 0.3 is 0 Å². The van der Waals surface area contributed by atoms with Crippen molar-refractivity contribution in [3.63, 3.8) is 0 Å². The van der Waals surface area contributed by atoms with Crippen molar-refractivity contribution in [3.05, 3.63) is 29.8 Å². The lowest BCUT2D eigenvalue weighted by Gasteiger charge is -2.09. The molecule has 1 aliphatic carbocycles. The molecule has 108 valence electrons. The van der Waals surface area contributed by atoms with Crippen LogP contribution in [0.1, 0.15) is 37.7 Å². The number of hydrogen-bond donors (Lipinski definition) is 0. The van der Waals surface area contributed by atoms with Crippen LogP contribution in [-0.4, -0.2) is 22.3 Å². The first-order valence-corrected chi connectivity index (χ1v) is 8.74. The standard InChI is InChI=1S/C16H21NO2S/c17-12-15-7-3-8-16(11-15)19-9-4-10-20(18)13-14-5-1-2-6-14/h3,7-8,11,14H,1-2,4-6,9-10,13H2. The van der Waals surface area contributed by atoms with Crippen LogP contribution in [-0.2, 0) is 10.8 Å². The van der Waals surface area contributed by atoms with E-state index in [1.807, 2.05) is 12.1 Å². The number of nitriles is 1. The summed E-state index contributed by atoms with van der Waals surface area (Å²) >= 11 is 0. The largest absolute Gasteiger partial charge is 0.494 e. The van der Waals surface area contributed by atoms with E-state index >= 15 is 0 Å². The molecule has 20 heavy (non-hydrogen) atoms. The molecule has 1 aromatic rings. The number of rotatable bonds is 7. The van der Waals surface area contributed by atoms with Crippen LogP contribution >= 0.6 is 0 Å². The van der Waals surface area contributed by atoms with Gasteiger partial charge in [-0.3, -0.25) is 4.21 Å². The van der Waals surface area contributed by atoms with Gasteiger partial charge in [0.15, 0.2) is 0 Å². The Morgan fingerprint density at radius 1 is 1.35 bits per heavy atom. The average molecular weight is 291 g/mol. The molecule has 0 heterocycles. The molecule has 0 N–H and O–H groups in total. The van der Waals surface area contributed by atoms with E-state index in [4.69, 9.17) is 10.00 Å². The molecule has 0 radical (unpaired) electrons. The summed E-state index contributed by atoms with van der Waals surface area (Å²) in [5.41, 5.74) is 0.604. The van der Waals surface area contributed by atoms with Gasteiger partial charge in [-0.15, -0.1) is 0 Å². The Bertz CT molecular complexity index is 489. The smallest absolute Gasteiger partial charge is 0.120 e. The van der Waals surface area contributed by atoms with Crippen molar-refractivity contribution in [2.45, 2.75) is 32.1 Å². The van der Waals surface area contributed by atoms with Gasteiger partial charge in [0.05, 0.1) is 18.2 Å². The number of hydrogen-bond acceptors (Lipinski definition) is 3. The molecule has 0 bridgehead atoms. The van der Waals surface area contributed by atoms with Crippen LogP contribution in [0.5, 0.6) is 5.75 Å². The zero-order chi connectivity index (χ0) is 14.2. The van der Waals surface area contributed by atoms with Crippen LogP contribution in [0.2, 0.25) is 0 Å². The molecule has 0 aliphatic heterocycles. The summed E-state index contributed by atoms with van der Waals surface area (Å²) < 4.78 is 17.5. The van der Waals surface area contributed by atoms with Crippen molar-refractivity contribution in [1.82, 2.24) is 0 Å². The monoisotopic (exact) mass is 291 g/mol. The lowest BCUT2D eigenvalue weighted by molar-refractivity contribution is 0.318. The van der Waals surface area contributed by atoms with Gasteiger partial charge in [0.2, 0.25) is 0 Å². The summed E-state index contributed by atoms with van der Waals surface area (Å²) in [6.07, 6.45) is 5.92. The highest BCUT2D eigenvalue weighted by Gasteiger charge is 2.17. The van der Waals surface area contributed by atoms with Crippen molar-refractivity contribution < 1.29 is 8.95 Å². The predicted molar refractivity (Wildman–Crippen MR) is 81.1 cm³/mol. The molecular formula is C16H21NO2S. The number of nitrogens with zero attached hydrogens (tertiary/aromatic N) is 1. The van der Waals surface area contributed by atoms with Crippen molar-refractivity contribution in [2.75, 3.05) is 18.1 Å². The Labute approximate surface area is 123 Å². The van der Waals surface area contributed by atoms with Gasteiger partial charge in [0.1, 0.15) is 5.75 Å². The van der Waals surface area contributed by atoms with Gasteiger partial charge in [0, 0.05) is 22.3 Å². The maximum absolute atomic E-state index is 11.9. The number of benzene rings is 1. The van der Waals surface area contributed by atoms with Crippen LogP contribution in [0.15, 0.2) is 24.3 Å². The van der Waals surface area contributed by atoms with E-state index in [2.05, 4.69) is 6.07 Å². The third kappa shape index (κ3) is 4.97. The lowest BCUT2D eigenvalue weighted by atomic mass is 10.1. The molecule has 1 unspecified atom stereocenters. The van der Waals surface area contributed by atoms with Gasteiger partial charge in [-0.25, -0.2) is 0 Å². The second kappa shape index (κ2) is 8.06. The van der Waals surface area contributed by atoms with E-state index in [1.54, 1.807) is 12.1 Å². The molecule has 4 heteroatoms. The molecule has 1 atom stereocenters. The third-order valence-corrected chi connectivity index (χ3v) is 5.23. The highest BCUT2D eigenvalue weighted by molar-refractivity contribution is 7.84. The quantitative estimate of drug-likeness (QED) is 0.724. The van der Waals surface area contributed by atoms with Crippen molar-refractivity contribution in [1.29, 1.82) is 5.26 Å². The molecule has 0 amide bonds. The first-order chi connectivity index (χ1) is 9.78. The Balaban J connectivity index is 1.63. The van der Waals surface area contributed by atoms with E-state index in [0.717, 1.165) is 12.2 Å². The normalized spacial score (nSPS) is 16.8. The van der Waals surface area contributed by atoms with Crippen LogP contribution in [0.4, 0.5) is 0 Å². The maximum atomic E-state index is 11.9. The van der Waals surface area contributed by atoms with Gasteiger partial charge < -0.3 is 4.74 Å². The third-order valence-electron chi connectivity index (χ3n) is 3.64. The molecule has 1 saturated carbocycles. The molecule has 1 aliphatic rings. The molecule has 2 rings (SSSR count). The highest BCUT2D eigenvalue weighted by atomic mass is 32.2. The topological polar surface area (TPSA) is 50.1 Å². The maximum Gasteiger partial charge on any atom is 0.120 e. The molecule has 3 nitrogen and oxygen atoms in total. The highest BCUT2D eigenvalue weighted by Crippen LogP contribution is 2.25. The van der Waals surface area contributed by atoms with Crippen molar-refractivity contribution in [2.24, 2.45) is 5.92 Å². The van der Waals surface area contributed by atoms with Crippen LogP contribution in [0.3, 0.4) is 0 Å². The Morgan fingerprint density at radius 2 is 2.15 bits per heavy atom. The molecule has 0 spiro atoms. The van der Waals surface area contributed by atoms with E-state index in [9.17, 15) is 4.21 Å². The first kappa shape index (κ1) is 15.1. The van der Waals surface area contributed by atoms with E-state index in [1.165, 1.54) is 25.7 Å². The van der Waals surface area contributed by atoms with Crippen molar-refractivity contribution in [3.8, 4) is 11.8 Å². The molecule has 0 saturated heterocycles. The second-order valence-corrected chi connectivity index (χ2v) is 6.92. The summed E-state index contributed by atoms with van der Waals surface area (Å²) in [5.74, 6) is 2.98. The first-order valence-electron chi connectivity index (χ1n) is 7.26. The average Bonchev–Trinajstić information content (AvgIpc) is 2.97. The van der Waals surface area contributed by atoms with Gasteiger partial charge in [0.25, 0.3) is 0 Å². The van der Waals surface area contributed by atoms with Gasteiger partial charge in [-0.05, 0) is 43.4 Å². The summed E-state index contributed by atoms with van der Waals surface area (Å²) in [6, 6.07) is 9.23. The summed E-state index contributed by atoms with van der Waals surface area (Å²) in [5, 5.41) is 8.80. The summed E-state index contributed by atoms with van der Waals surface area (Å²) in [6.45, 7) is 0.561.